The van der Waals surface area contributed by atoms with Gasteiger partial charge in [0.2, 0.25) is 0 Å². The van der Waals surface area contributed by atoms with Crippen molar-refractivity contribution in [3.8, 4) is 0 Å². The third-order valence-electron chi connectivity index (χ3n) is 3.35. The van der Waals surface area contributed by atoms with Gasteiger partial charge >= 0.3 is 5.97 Å². The number of carbonyl (C=O) groups is 2. The Morgan fingerprint density at radius 3 is 2.14 bits per heavy atom. The number of hydrogen-bond acceptors (Lipinski definition) is 3. The van der Waals surface area contributed by atoms with Crippen molar-refractivity contribution >= 4 is 11.8 Å². The zero-order valence-electron chi connectivity index (χ0n) is 13.7. The van der Waals surface area contributed by atoms with E-state index in [1.54, 1.807) is 6.08 Å². The highest BCUT2D eigenvalue weighted by Gasteiger charge is 2.00. The first-order valence-electron chi connectivity index (χ1n) is 8.32. The molecule has 22 heavy (non-hydrogen) atoms. The van der Waals surface area contributed by atoms with Gasteiger partial charge in [-0.15, -0.1) is 0 Å². The number of aliphatic hydroxyl groups excluding tert-OH is 1. The van der Waals surface area contributed by atoms with Gasteiger partial charge in [0.25, 0.3) is 0 Å². The van der Waals surface area contributed by atoms with E-state index in [9.17, 15) is 14.7 Å². The maximum absolute atomic E-state index is 11.6. The third kappa shape index (κ3) is 15.0. The zero-order valence-corrected chi connectivity index (χ0v) is 13.7. The molecule has 1 unspecified atom stereocenters. The van der Waals surface area contributed by atoms with E-state index >= 15 is 0 Å². The summed E-state index contributed by atoms with van der Waals surface area (Å²) >= 11 is 0. The fraction of sp³-hybridized carbons (Fsp3) is 0.667. The van der Waals surface area contributed by atoms with E-state index in [0.29, 0.717) is 12.8 Å². The maximum atomic E-state index is 11.6. The number of carboxylic acids is 1. The molecule has 0 aliphatic carbocycles. The summed E-state index contributed by atoms with van der Waals surface area (Å²) in [5.74, 6) is -0.672. The average Bonchev–Trinajstić information content (AvgIpc) is 2.47. The highest BCUT2D eigenvalue weighted by Crippen LogP contribution is 2.09. The van der Waals surface area contributed by atoms with Gasteiger partial charge in [-0.05, 0) is 31.8 Å². The molecule has 0 heterocycles. The number of hydrogen-bond donors (Lipinski definition) is 2. The minimum Gasteiger partial charge on any atom is -0.481 e. The first-order valence-corrected chi connectivity index (χ1v) is 8.32. The van der Waals surface area contributed by atoms with Gasteiger partial charge in [-0.3, -0.25) is 9.59 Å². The molecular weight excluding hydrogens is 280 g/mol. The molecule has 0 saturated heterocycles. The Hall–Kier alpha value is -1.42. The summed E-state index contributed by atoms with van der Waals surface area (Å²) in [6.45, 7) is 2.04. The number of aliphatic hydroxyl groups is 1. The minimum atomic E-state index is -0.732. The van der Waals surface area contributed by atoms with Gasteiger partial charge in [-0.25, -0.2) is 0 Å². The fourth-order valence-electron chi connectivity index (χ4n) is 2.07. The van der Waals surface area contributed by atoms with Crippen molar-refractivity contribution in [2.75, 3.05) is 0 Å². The molecule has 0 aromatic carbocycles. The Labute approximate surface area is 133 Å². The van der Waals surface area contributed by atoms with Crippen LogP contribution >= 0.6 is 0 Å². The number of unbranched alkanes of at least 4 members (excludes halogenated alkanes) is 5. The van der Waals surface area contributed by atoms with Crippen molar-refractivity contribution in [2.45, 2.75) is 77.2 Å². The molecule has 4 heteroatoms. The lowest BCUT2D eigenvalue weighted by Gasteiger charge is -2.01. The zero-order chi connectivity index (χ0) is 16.6. The van der Waals surface area contributed by atoms with Crippen molar-refractivity contribution in [1.82, 2.24) is 0 Å². The molecule has 0 spiro atoms. The Kier molecular flexibility index (Phi) is 13.6. The lowest BCUT2D eigenvalue weighted by molar-refractivity contribution is -0.137. The van der Waals surface area contributed by atoms with Gasteiger partial charge in [-0.1, -0.05) is 50.8 Å². The monoisotopic (exact) mass is 310 g/mol. The second-order valence-electron chi connectivity index (χ2n) is 5.52. The summed E-state index contributed by atoms with van der Waals surface area (Å²) in [6, 6.07) is 0. The maximum Gasteiger partial charge on any atom is 0.303 e. The Balaban J connectivity index is 3.53. The first-order chi connectivity index (χ1) is 10.6. The van der Waals surface area contributed by atoms with Gasteiger partial charge in [0.05, 0.1) is 6.10 Å². The van der Waals surface area contributed by atoms with Crippen molar-refractivity contribution in [3.05, 3.63) is 24.3 Å². The van der Waals surface area contributed by atoms with E-state index in [1.807, 2.05) is 19.1 Å². The van der Waals surface area contributed by atoms with Crippen LogP contribution in [0.1, 0.15) is 71.1 Å². The fourth-order valence-corrected chi connectivity index (χ4v) is 2.07. The van der Waals surface area contributed by atoms with Crippen LogP contribution in [0.25, 0.3) is 0 Å². The second kappa shape index (κ2) is 14.5. The Morgan fingerprint density at radius 1 is 0.955 bits per heavy atom. The minimum absolute atomic E-state index is 0.0596. The van der Waals surface area contributed by atoms with Crippen LogP contribution in [0, 0.1) is 0 Å². The Bertz CT molecular complexity index is 358. The molecular formula is C18H30O4. The quantitative estimate of drug-likeness (QED) is 0.288. The highest BCUT2D eigenvalue weighted by molar-refractivity contribution is 5.89. The smallest absolute Gasteiger partial charge is 0.303 e. The summed E-state index contributed by atoms with van der Waals surface area (Å²) in [7, 11) is 0. The standard InChI is InChI=1S/C18H30O4/c1-2-3-8-11-16(19)14-15-17(20)12-9-6-4-5-7-10-13-18(21)22/h3,8,14-16,19H,2,4-7,9-13H2,1H3,(H,21,22)/b8-3+,15-14+. The number of ketones is 1. The topological polar surface area (TPSA) is 74.6 Å². The lowest BCUT2D eigenvalue weighted by Crippen LogP contribution is -2.02. The lowest BCUT2D eigenvalue weighted by atomic mass is 10.1. The molecule has 0 aliphatic heterocycles. The molecule has 0 amide bonds. The molecule has 0 aromatic heterocycles. The number of aliphatic carboxylic acids is 1. The van der Waals surface area contributed by atoms with Crippen molar-refractivity contribution in [3.63, 3.8) is 0 Å². The molecule has 0 fully saturated rings. The van der Waals surface area contributed by atoms with Crippen LogP contribution in [-0.4, -0.2) is 28.1 Å². The third-order valence-corrected chi connectivity index (χ3v) is 3.35. The Morgan fingerprint density at radius 2 is 1.55 bits per heavy atom. The first kappa shape index (κ1) is 20.6. The van der Waals surface area contributed by atoms with E-state index in [4.69, 9.17) is 5.11 Å². The number of carbonyl (C=O) groups excluding carboxylic acids is 1. The molecule has 0 saturated carbocycles. The van der Waals surface area contributed by atoms with E-state index in [-0.39, 0.29) is 12.2 Å². The molecule has 1 atom stereocenters. The summed E-state index contributed by atoms with van der Waals surface area (Å²) in [5, 5.41) is 18.1. The predicted octanol–water partition coefficient (Wildman–Crippen LogP) is 4.03. The summed E-state index contributed by atoms with van der Waals surface area (Å²) in [6.07, 6.45) is 14.2. The van der Waals surface area contributed by atoms with Gasteiger partial charge in [0.1, 0.15) is 0 Å². The van der Waals surface area contributed by atoms with Gasteiger partial charge in [-0.2, -0.15) is 0 Å². The van der Waals surface area contributed by atoms with Crippen LogP contribution < -0.4 is 0 Å². The van der Waals surface area contributed by atoms with Gasteiger partial charge in [0, 0.05) is 12.8 Å². The molecule has 4 nitrogen and oxygen atoms in total. The molecule has 0 aliphatic rings. The van der Waals surface area contributed by atoms with Gasteiger partial charge in [0.15, 0.2) is 5.78 Å². The van der Waals surface area contributed by atoms with Crippen LogP contribution in [0.3, 0.4) is 0 Å². The van der Waals surface area contributed by atoms with Crippen LogP contribution in [0.2, 0.25) is 0 Å². The number of rotatable bonds is 14. The van der Waals surface area contributed by atoms with Crippen molar-refractivity contribution < 1.29 is 19.8 Å². The van der Waals surface area contributed by atoms with Crippen LogP contribution in [0.5, 0.6) is 0 Å². The largest absolute Gasteiger partial charge is 0.481 e. The molecule has 2 N–H and O–H groups in total. The van der Waals surface area contributed by atoms with Crippen LogP contribution in [0.15, 0.2) is 24.3 Å². The second-order valence-corrected chi connectivity index (χ2v) is 5.52. The average molecular weight is 310 g/mol. The summed E-state index contributed by atoms with van der Waals surface area (Å²) in [4.78, 5) is 21.9. The van der Waals surface area contributed by atoms with Crippen molar-refractivity contribution in [2.24, 2.45) is 0 Å². The van der Waals surface area contributed by atoms with E-state index in [1.165, 1.54) is 6.08 Å². The molecule has 0 rings (SSSR count). The predicted molar refractivity (Wildman–Crippen MR) is 88.8 cm³/mol. The van der Waals surface area contributed by atoms with E-state index in [0.717, 1.165) is 44.9 Å². The van der Waals surface area contributed by atoms with E-state index in [2.05, 4.69) is 0 Å². The molecule has 0 bridgehead atoms. The normalized spacial score (nSPS) is 13.0. The highest BCUT2D eigenvalue weighted by atomic mass is 16.4. The van der Waals surface area contributed by atoms with Gasteiger partial charge < -0.3 is 10.2 Å². The summed E-state index contributed by atoms with van der Waals surface area (Å²) < 4.78 is 0. The van der Waals surface area contributed by atoms with Crippen molar-refractivity contribution in [1.29, 1.82) is 0 Å². The van der Waals surface area contributed by atoms with Crippen LogP contribution in [-0.2, 0) is 9.59 Å². The van der Waals surface area contributed by atoms with E-state index < -0.39 is 12.1 Å². The number of allylic oxidation sites excluding steroid dienone is 2. The summed E-state index contributed by atoms with van der Waals surface area (Å²) in [5.41, 5.74) is 0. The van der Waals surface area contributed by atoms with Crippen LogP contribution in [0.4, 0.5) is 0 Å². The molecule has 0 aromatic rings. The SMILES string of the molecule is CC/C=C/CC(O)/C=C/C(=O)CCCCCCCCC(=O)O. The molecule has 0 radical (unpaired) electrons. The molecule has 126 valence electrons. The number of carboxylic acid groups (broad SMARTS) is 1.